The highest BCUT2D eigenvalue weighted by molar-refractivity contribution is 7.88. The molecule has 0 atom stereocenters. The van der Waals surface area contributed by atoms with Crippen molar-refractivity contribution in [2.24, 2.45) is 5.92 Å². The highest BCUT2D eigenvalue weighted by atomic mass is 32.2. The standard InChI is InChI=1S/C23H30N2O5S/c1-18-6-5-7-19(16-18)17-31(27,28)25-13-10-20(11-14-25)23(26)24-12-15-30-22-9-4-3-8-21(22)29-2/h3-9,16,20H,10-15,17H2,1-2H3,(H,24,26). The van der Waals surface area contributed by atoms with Crippen LogP contribution >= 0.6 is 0 Å². The van der Waals surface area contributed by atoms with E-state index in [1.54, 1.807) is 7.11 Å². The summed E-state index contributed by atoms with van der Waals surface area (Å²) in [7, 11) is -1.81. The Morgan fingerprint density at radius 1 is 1.10 bits per heavy atom. The van der Waals surface area contributed by atoms with Gasteiger partial charge in [-0.05, 0) is 37.5 Å². The van der Waals surface area contributed by atoms with Crippen LogP contribution in [0.3, 0.4) is 0 Å². The van der Waals surface area contributed by atoms with E-state index in [-0.39, 0.29) is 17.6 Å². The molecule has 8 heteroatoms. The average molecular weight is 447 g/mol. The van der Waals surface area contributed by atoms with E-state index in [0.29, 0.717) is 50.6 Å². The normalized spacial score (nSPS) is 15.4. The van der Waals surface area contributed by atoms with E-state index in [2.05, 4.69) is 5.32 Å². The first-order valence-electron chi connectivity index (χ1n) is 10.5. The van der Waals surface area contributed by atoms with Gasteiger partial charge in [0.2, 0.25) is 15.9 Å². The molecule has 0 aliphatic carbocycles. The lowest BCUT2D eigenvalue weighted by Gasteiger charge is -2.30. The number of aryl methyl sites for hydroxylation is 1. The van der Waals surface area contributed by atoms with Crippen molar-refractivity contribution in [2.75, 3.05) is 33.4 Å². The highest BCUT2D eigenvalue weighted by Gasteiger charge is 2.31. The minimum absolute atomic E-state index is 0.00810. The van der Waals surface area contributed by atoms with Gasteiger partial charge in [-0.15, -0.1) is 0 Å². The number of para-hydroxylation sites is 2. The summed E-state index contributed by atoms with van der Waals surface area (Å²) in [5.74, 6) is 1.03. The van der Waals surface area contributed by atoms with Gasteiger partial charge in [0, 0.05) is 19.0 Å². The Balaban J connectivity index is 1.42. The summed E-state index contributed by atoms with van der Waals surface area (Å²) >= 11 is 0. The summed E-state index contributed by atoms with van der Waals surface area (Å²) in [6.45, 7) is 3.38. The van der Waals surface area contributed by atoms with Gasteiger partial charge in [-0.2, -0.15) is 0 Å². The lowest BCUT2D eigenvalue weighted by Crippen LogP contribution is -2.43. The van der Waals surface area contributed by atoms with Crippen LogP contribution in [0.4, 0.5) is 0 Å². The molecule has 168 valence electrons. The minimum atomic E-state index is -3.39. The first-order chi connectivity index (χ1) is 14.9. The molecule has 0 spiro atoms. The predicted molar refractivity (Wildman–Crippen MR) is 120 cm³/mol. The number of hydrogen-bond acceptors (Lipinski definition) is 5. The minimum Gasteiger partial charge on any atom is -0.493 e. The molecule has 2 aromatic rings. The molecule has 0 saturated carbocycles. The highest BCUT2D eigenvalue weighted by Crippen LogP contribution is 2.25. The van der Waals surface area contributed by atoms with Gasteiger partial charge in [0.25, 0.3) is 0 Å². The number of piperidine rings is 1. The van der Waals surface area contributed by atoms with Crippen molar-refractivity contribution >= 4 is 15.9 Å². The van der Waals surface area contributed by atoms with E-state index in [0.717, 1.165) is 11.1 Å². The molecule has 3 rings (SSSR count). The number of carbonyl (C=O) groups is 1. The maximum absolute atomic E-state index is 12.7. The summed E-state index contributed by atoms with van der Waals surface area (Å²) in [4.78, 5) is 12.5. The second-order valence-electron chi connectivity index (χ2n) is 7.71. The fourth-order valence-electron chi connectivity index (χ4n) is 3.72. The van der Waals surface area contributed by atoms with Crippen LogP contribution in [0.1, 0.15) is 24.0 Å². The molecule has 1 amide bonds. The third-order valence-corrected chi connectivity index (χ3v) is 7.23. The van der Waals surface area contributed by atoms with Crippen LogP contribution in [0.5, 0.6) is 11.5 Å². The molecule has 31 heavy (non-hydrogen) atoms. The molecule has 7 nitrogen and oxygen atoms in total. The van der Waals surface area contributed by atoms with Gasteiger partial charge in [-0.25, -0.2) is 12.7 Å². The van der Waals surface area contributed by atoms with E-state index in [9.17, 15) is 13.2 Å². The predicted octanol–water partition coefficient (Wildman–Crippen LogP) is 2.74. The summed E-state index contributed by atoms with van der Waals surface area (Å²) in [6, 6.07) is 14.9. The molecule has 0 aromatic heterocycles. The average Bonchev–Trinajstić information content (AvgIpc) is 2.76. The molecular weight excluding hydrogens is 416 g/mol. The molecule has 1 heterocycles. The molecule has 1 N–H and O–H groups in total. The second kappa shape index (κ2) is 10.6. The fourth-order valence-corrected chi connectivity index (χ4v) is 5.27. The third-order valence-electron chi connectivity index (χ3n) is 5.38. The maximum atomic E-state index is 12.7. The fraction of sp³-hybridized carbons (Fsp3) is 0.435. The van der Waals surface area contributed by atoms with Gasteiger partial charge >= 0.3 is 0 Å². The second-order valence-corrected chi connectivity index (χ2v) is 9.68. The summed E-state index contributed by atoms with van der Waals surface area (Å²) in [5.41, 5.74) is 1.83. The van der Waals surface area contributed by atoms with Crippen LogP contribution in [-0.2, 0) is 20.6 Å². The number of nitrogens with zero attached hydrogens (tertiary/aromatic N) is 1. The molecule has 2 aromatic carbocycles. The van der Waals surface area contributed by atoms with Crippen molar-refractivity contribution in [1.29, 1.82) is 0 Å². The Morgan fingerprint density at radius 3 is 2.48 bits per heavy atom. The zero-order chi connectivity index (χ0) is 22.3. The Kier molecular flexibility index (Phi) is 7.92. The number of hydrogen-bond donors (Lipinski definition) is 1. The van der Waals surface area contributed by atoms with Crippen molar-refractivity contribution in [2.45, 2.75) is 25.5 Å². The zero-order valence-electron chi connectivity index (χ0n) is 18.0. The van der Waals surface area contributed by atoms with Crippen LogP contribution in [0.2, 0.25) is 0 Å². The smallest absolute Gasteiger partial charge is 0.223 e. The van der Waals surface area contributed by atoms with Gasteiger partial charge in [-0.1, -0.05) is 42.0 Å². The molecule has 1 aliphatic rings. The zero-order valence-corrected chi connectivity index (χ0v) is 18.9. The van der Waals surface area contributed by atoms with Crippen LogP contribution < -0.4 is 14.8 Å². The van der Waals surface area contributed by atoms with Crippen LogP contribution in [0.25, 0.3) is 0 Å². The van der Waals surface area contributed by atoms with E-state index >= 15 is 0 Å². The molecule has 0 unspecified atom stereocenters. The number of ether oxygens (including phenoxy) is 2. The molecular formula is C23H30N2O5S. The van der Waals surface area contributed by atoms with Crippen molar-refractivity contribution in [3.8, 4) is 11.5 Å². The van der Waals surface area contributed by atoms with Crippen LogP contribution in [0, 0.1) is 12.8 Å². The number of rotatable bonds is 9. The Morgan fingerprint density at radius 2 is 1.81 bits per heavy atom. The largest absolute Gasteiger partial charge is 0.493 e. The van der Waals surface area contributed by atoms with Crippen molar-refractivity contribution < 1.29 is 22.7 Å². The third kappa shape index (κ3) is 6.45. The maximum Gasteiger partial charge on any atom is 0.223 e. The molecule has 1 saturated heterocycles. The summed E-state index contributed by atoms with van der Waals surface area (Å²) < 4.78 is 37.9. The van der Waals surface area contributed by atoms with Crippen molar-refractivity contribution in [3.05, 3.63) is 59.7 Å². The van der Waals surface area contributed by atoms with E-state index < -0.39 is 10.0 Å². The van der Waals surface area contributed by atoms with Crippen molar-refractivity contribution in [3.63, 3.8) is 0 Å². The Bertz CT molecular complexity index is 985. The summed E-state index contributed by atoms with van der Waals surface area (Å²) in [6.07, 6.45) is 1.04. The van der Waals surface area contributed by atoms with Crippen LogP contribution in [-0.4, -0.2) is 52.0 Å². The lowest BCUT2D eigenvalue weighted by atomic mass is 9.97. The van der Waals surface area contributed by atoms with Crippen LogP contribution in [0.15, 0.2) is 48.5 Å². The Labute approximate surface area is 184 Å². The molecule has 0 bridgehead atoms. The number of methoxy groups -OCH3 is 1. The van der Waals surface area contributed by atoms with Gasteiger partial charge in [-0.3, -0.25) is 4.79 Å². The number of carbonyl (C=O) groups excluding carboxylic acids is 1. The quantitative estimate of drug-likeness (QED) is 0.599. The van der Waals surface area contributed by atoms with Gasteiger partial charge in [0.05, 0.1) is 19.4 Å². The van der Waals surface area contributed by atoms with E-state index in [1.165, 1.54) is 4.31 Å². The Hall–Kier alpha value is -2.58. The topological polar surface area (TPSA) is 84.9 Å². The number of nitrogens with one attached hydrogen (secondary N) is 1. The molecule has 1 aliphatic heterocycles. The number of benzene rings is 2. The molecule has 1 fully saturated rings. The molecule has 0 radical (unpaired) electrons. The van der Waals surface area contributed by atoms with Gasteiger partial charge < -0.3 is 14.8 Å². The first kappa shape index (κ1) is 23.1. The number of amides is 1. The van der Waals surface area contributed by atoms with E-state index in [4.69, 9.17) is 9.47 Å². The summed E-state index contributed by atoms with van der Waals surface area (Å²) in [5, 5.41) is 2.89. The van der Waals surface area contributed by atoms with Crippen molar-refractivity contribution in [1.82, 2.24) is 9.62 Å². The SMILES string of the molecule is COc1ccccc1OCCNC(=O)C1CCN(S(=O)(=O)Cc2cccc(C)c2)CC1. The first-order valence-corrected chi connectivity index (χ1v) is 12.1. The lowest BCUT2D eigenvalue weighted by molar-refractivity contribution is -0.126. The van der Waals surface area contributed by atoms with Gasteiger partial charge in [0.15, 0.2) is 11.5 Å². The monoisotopic (exact) mass is 446 g/mol. The van der Waals surface area contributed by atoms with Gasteiger partial charge in [0.1, 0.15) is 6.61 Å². The number of sulfonamides is 1. The van der Waals surface area contributed by atoms with E-state index in [1.807, 2.05) is 55.5 Å².